The maximum Gasteiger partial charge on any atom is 0.336 e. The molecule has 0 aliphatic heterocycles. The lowest BCUT2D eigenvalue weighted by atomic mass is 10.0. The molecule has 17 heavy (non-hydrogen) atoms. The van der Waals surface area contributed by atoms with Gasteiger partial charge in [0, 0.05) is 16.2 Å². The second kappa shape index (κ2) is 6.05. The van der Waals surface area contributed by atoms with Crippen molar-refractivity contribution in [1.29, 1.82) is 0 Å². The van der Waals surface area contributed by atoms with Gasteiger partial charge in [0.1, 0.15) is 0 Å². The second-order valence-electron chi connectivity index (χ2n) is 4.67. The quantitative estimate of drug-likeness (QED) is 0.864. The Morgan fingerprint density at radius 3 is 2.53 bits per heavy atom. The standard InChI is InChI=1S/C13H18BrNO2/c1-8(2)6-9(3)15-10-4-5-11(13(16)17)12(14)7-10/h4-5,7-9,15H,6H2,1-3H3,(H,16,17). The highest BCUT2D eigenvalue weighted by Gasteiger charge is 2.10. The van der Waals surface area contributed by atoms with Gasteiger partial charge in [0.05, 0.1) is 5.56 Å². The third-order valence-electron chi connectivity index (χ3n) is 2.44. The minimum absolute atomic E-state index is 0.284. The van der Waals surface area contributed by atoms with Crippen LogP contribution in [-0.4, -0.2) is 17.1 Å². The first kappa shape index (κ1) is 14.0. The van der Waals surface area contributed by atoms with Crippen LogP contribution in [0.1, 0.15) is 37.6 Å². The van der Waals surface area contributed by atoms with Crippen molar-refractivity contribution in [2.24, 2.45) is 5.92 Å². The van der Waals surface area contributed by atoms with E-state index in [1.54, 1.807) is 18.2 Å². The number of carboxylic acid groups (broad SMARTS) is 1. The van der Waals surface area contributed by atoms with Crippen LogP contribution in [0.5, 0.6) is 0 Å². The molecule has 0 saturated heterocycles. The highest BCUT2D eigenvalue weighted by Crippen LogP contribution is 2.22. The molecule has 0 radical (unpaired) electrons. The van der Waals surface area contributed by atoms with Crippen molar-refractivity contribution in [3.05, 3.63) is 28.2 Å². The molecule has 0 aliphatic carbocycles. The average Bonchev–Trinajstić information content (AvgIpc) is 2.15. The molecule has 0 heterocycles. The molecule has 1 unspecified atom stereocenters. The van der Waals surface area contributed by atoms with E-state index in [4.69, 9.17) is 5.11 Å². The third-order valence-corrected chi connectivity index (χ3v) is 3.09. The topological polar surface area (TPSA) is 49.3 Å². The summed E-state index contributed by atoms with van der Waals surface area (Å²) in [6.45, 7) is 6.49. The van der Waals surface area contributed by atoms with Crippen LogP contribution in [0.15, 0.2) is 22.7 Å². The number of carbonyl (C=O) groups is 1. The maximum absolute atomic E-state index is 10.9. The minimum atomic E-state index is -0.918. The summed E-state index contributed by atoms with van der Waals surface area (Å²) in [6.07, 6.45) is 1.08. The van der Waals surface area contributed by atoms with Crippen molar-refractivity contribution in [2.45, 2.75) is 33.2 Å². The summed E-state index contributed by atoms with van der Waals surface area (Å²) in [5.74, 6) is -0.280. The Balaban J connectivity index is 2.74. The molecule has 1 rings (SSSR count). The number of nitrogens with one attached hydrogen (secondary N) is 1. The van der Waals surface area contributed by atoms with Gasteiger partial charge in [0.15, 0.2) is 0 Å². The van der Waals surface area contributed by atoms with E-state index in [1.807, 2.05) is 0 Å². The van der Waals surface area contributed by atoms with E-state index in [0.29, 0.717) is 16.4 Å². The molecular formula is C13H18BrNO2. The SMILES string of the molecule is CC(C)CC(C)Nc1ccc(C(=O)O)c(Br)c1. The molecule has 0 fully saturated rings. The summed E-state index contributed by atoms with van der Waals surface area (Å²) >= 11 is 3.27. The smallest absolute Gasteiger partial charge is 0.336 e. The van der Waals surface area contributed by atoms with Gasteiger partial charge < -0.3 is 10.4 Å². The Morgan fingerprint density at radius 2 is 2.06 bits per heavy atom. The van der Waals surface area contributed by atoms with Crippen molar-refractivity contribution < 1.29 is 9.90 Å². The molecule has 0 amide bonds. The molecule has 0 aliphatic rings. The van der Waals surface area contributed by atoms with Crippen LogP contribution in [-0.2, 0) is 0 Å². The molecule has 0 saturated carbocycles. The predicted octanol–water partition coefficient (Wildman–Crippen LogP) is 3.99. The van der Waals surface area contributed by atoms with E-state index < -0.39 is 5.97 Å². The fraction of sp³-hybridized carbons (Fsp3) is 0.462. The molecule has 1 aromatic rings. The van der Waals surface area contributed by atoms with Gasteiger partial charge in [-0.15, -0.1) is 0 Å². The highest BCUT2D eigenvalue weighted by atomic mass is 79.9. The predicted molar refractivity (Wildman–Crippen MR) is 73.6 cm³/mol. The molecule has 3 nitrogen and oxygen atoms in total. The van der Waals surface area contributed by atoms with E-state index in [2.05, 4.69) is 42.0 Å². The monoisotopic (exact) mass is 299 g/mol. The normalized spacial score (nSPS) is 12.5. The molecule has 2 N–H and O–H groups in total. The number of aromatic carboxylic acids is 1. The summed E-state index contributed by atoms with van der Waals surface area (Å²) in [5, 5.41) is 12.3. The van der Waals surface area contributed by atoms with Crippen LogP contribution in [0, 0.1) is 5.92 Å². The van der Waals surface area contributed by atoms with Crippen LogP contribution in [0.3, 0.4) is 0 Å². The highest BCUT2D eigenvalue weighted by molar-refractivity contribution is 9.10. The number of carboxylic acids is 1. The number of halogens is 1. The zero-order valence-electron chi connectivity index (χ0n) is 10.3. The van der Waals surface area contributed by atoms with Gasteiger partial charge in [-0.2, -0.15) is 0 Å². The maximum atomic E-state index is 10.9. The van der Waals surface area contributed by atoms with Gasteiger partial charge in [-0.3, -0.25) is 0 Å². The Labute approximate surface area is 110 Å². The average molecular weight is 300 g/mol. The van der Waals surface area contributed by atoms with Crippen LogP contribution < -0.4 is 5.32 Å². The van der Waals surface area contributed by atoms with Crippen LogP contribution in [0.25, 0.3) is 0 Å². The molecule has 94 valence electrons. The van der Waals surface area contributed by atoms with Crippen LogP contribution >= 0.6 is 15.9 Å². The van der Waals surface area contributed by atoms with Crippen molar-refractivity contribution in [3.63, 3.8) is 0 Å². The van der Waals surface area contributed by atoms with Gasteiger partial charge in [-0.05, 0) is 53.4 Å². The third kappa shape index (κ3) is 4.38. The summed E-state index contributed by atoms with van der Waals surface area (Å²) in [5.41, 5.74) is 1.22. The zero-order chi connectivity index (χ0) is 13.0. The molecular weight excluding hydrogens is 282 g/mol. The lowest BCUT2D eigenvalue weighted by molar-refractivity contribution is 0.0696. The van der Waals surface area contributed by atoms with Gasteiger partial charge in [0.2, 0.25) is 0 Å². The van der Waals surface area contributed by atoms with Crippen molar-refractivity contribution >= 4 is 27.6 Å². The number of hydrogen-bond acceptors (Lipinski definition) is 2. The van der Waals surface area contributed by atoms with E-state index in [1.165, 1.54) is 0 Å². The van der Waals surface area contributed by atoms with Gasteiger partial charge in [-0.25, -0.2) is 4.79 Å². The number of anilines is 1. The Kier molecular flexibility index (Phi) is 5.00. The molecule has 0 aromatic heterocycles. The van der Waals surface area contributed by atoms with Gasteiger partial charge in [-0.1, -0.05) is 13.8 Å². The molecule has 0 bridgehead atoms. The Bertz CT molecular complexity index is 404. The van der Waals surface area contributed by atoms with Gasteiger partial charge in [0.25, 0.3) is 0 Å². The minimum Gasteiger partial charge on any atom is -0.478 e. The summed E-state index contributed by atoms with van der Waals surface area (Å²) in [6, 6.07) is 5.58. The Hall–Kier alpha value is -1.03. The molecule has 4 heteroatoms. The van der Waals surface area contributed by atoms with E-state index in [9.17, 15) is 4.79 Å². The summed E-state index contributed by atoms with van der Waals surface area (Å²) < 4.78 is 0.603. The van der Waals surface area contributed by atoms with Crippen molar-refractivity contribution in [3.8, 4) is 0 Å². The van der Waals surface area contributed by atoms with E-state index in [0.717, 1.165) is 12.1 Å². The molecule has 1 aromatic carbocycles. The van der Waals surface area contributed by atoms with Gasteiger partial charge >= 0.3 is 5.97 Å². The first-order valence-corrected chi connectivity index (χ1v) is 6.48. The molecule has 1 atom stereocenters. The first-order valence-electron chi connectivity index (χ1n) is 5.69. The fourth-order valence-corrected chi connectivity index (χ4v) is 2.38. The molecule has 0 spiro atoms. The van der Waals surface area contributed by atoms with Crippen LogP contribution in [0.4, 0.5) is 5.69 Å². The van der Waals surface area contributed by atoms with Crippen molar-refractivity contribution in [1.82, 2.24) is 0 Å². The fourth-order valence-electron chi connectivity index (χ4n) is 1.83. The number of benzene rings is 1. The Morgan fingerprint density at radius 1 is 1.41 bits per heavy atom. The zero-order valence-corrected chi connectivity index (χ0v) is 11.9. The summed E-state index contributed by atoms with van der Waals surface area (Å²) in [7, 11) is 0. The number of rotatable bonds is 5. The first-order chi connectivity index (χ1) is 7.90. The summed E-state index contributed by atoms with van der Waals surface area (Å²) in [4.78, 5) is 10.9. The lowest BCUT2D eigenvalue weighted by Crippen LogP contribution is -2.17. The lowest BCUT2D eigenvalue weighted by Gasteiger charge is -2.17. The van der Waals surface area contributed by atoms with E-state index in [-0.39, 0.29) is 5.56 Å². The van der Waals surface area contributed by atoms with E-state index >= 15 is 0 Å². The number of hydrogen-bond donors (Lipinski definition) is 2. The second-order valence-corrected chi connectivity index (χ2v) is 5.53. The largest absolute Gasteiger partial charge is 0.478 e. The van der Waals surface area contributed by atoms with Crippen molar-refractivity contribution in [2.75, 3.05) is 5.32 Å². The van der Waals surface area contributed by atoms with Crippen LogP contribution in [0.2, 0.25) is 0 Å².